The van der Waals surface area contributed by atoms with E-state index < -0.39 is 78.2 Å². The molecule has 1 saturated heterocycles. The average molecular weight is 716 g/mol. The van der Waals surface area contributed by atoms with Crippen LogP contribution in [-0.4, -0.2) is 80.9 Å². The third-order valence-corrected chi connectivity index (χ3v) is 7.60. The van der Waals surface area contributed by atoms with Gasteiger partial charge in [0.15, 0.2) is 0 Å². The number of carbonyl (C=O) groups excluding carboxylic acids is 3. The minimum Gasteiger partial charge on any atom is -0.453 e. The second-order valence-electron chi connectivity index (χ2n) is 11.1. The SMILES string of the molecule is COC(=O)N[C@H](C(=O)Nc1cncc(F)c1CC[C@@H]1CN[C@H](COC(=O)NCC(F)(F)F)CO1)[C@@H](c1ccc(F)cc1)c1ccc(F)cc1F. The monoisotopic (exact) mass is 715 g/mol. The summed E-state index contributed by atoms with van der Waals surface area (Å²) < 4.78 is 110. The van der Waals surface area contributed by atoms with Crippen molar-refractivity contribution < 1.29 is 59.3 Å². The lowest BCUT2D eigenvalue weighted by atomic mass is 9.84. The second kappa shape index (κ2) is 17.1. The Morgan fingerprint density at radius 3 is 2.36 bits per heavy atom. The molecule has 0 bridgehead atoms. The Hall–Kier alpha value is -4.97. The van der Waals surface area contributed by atoms with Crippen molar-refractivity contribution in [1.29, 1.82) is 0 Å². The highest BCUT2D eigenvalue weighted by molar-refractivity contribution is 5.98. The summed E-state index contributed by atoms with van der Waals surface area (Å²) in [6.45, 7) is -1.58. The molecule has 3 aromatic rings. The molecule has 2 heterocycles. The van der Waals surface area contributed by atoms with Crippen molar-refractivity contribution in [3.8, 4) is 0 Å². The minimum absolute atomic E-state index is 0.000403. The fraction of sp³-hybridized carbons (Fsp3) is 0.375. The Bertz CT molecular complexity index is 1640. The smallest absolute Gasteiger partial charge is 0.407 e. The molecular formula is C32H32F7N5O6. The van der Waals surface area contributed by atoms with Gasteiger partial charge in [-0.05, 0) is 42.2 Å². The molecule has 2 aromatic carbocycles. The number of methoxy groups -OCH3 is 1. The van der Waals surface area contributed by atoms with Crippen LogP contribution in [0.25, 0.3) is 0 Å². The zero-order valence-corrected chi connectivity index (χ0v) is 26.3. The van der Waals surface area contributed by atoms with Gasteiger partial charge in [-0.2, -0.15) is 13.2 Å². The molecule has 0 unspecified atom stereocenters. The molecule has 4 rings (SSSR count). The zero-order valence-electron chi connectivity index (χ0n) is 26.3. The Morgan fingerprint density at radius 2 is 1.72 bits per heavy atom. The van der Waals surface area contributed by atoms with Crippen LogP contribution in [0.2, 0.25) is 0 Å². The van der Waals surface area contributed by atoms with Crippen LogP contribution in [0.3, 0.4) is 0 Å². The van der Waals surface area contributed by atoms with Crippen molar-refractivity contribution in [2.75, 3.05) is 38.7 Å². The molecule has 1 fully saturated rings. The number of halogens is 7. The first-order valence-corrected chi connectivity index (χ1v) is 15.0. The summed E-state index contributed by atoms with van der Waals surface area (Å²) in [5, 5.41) is 9.48. The first-order valence-electron chi connectivity index (χ1n) is 15.0. The molecule has 50 heavy (non-hydrogen) atoms. The van der Waals surface area contributed by atoms with Crippen molar-refractivity contribution >= 4 is 23.8 Å². The highest BCUT2D eigenvalue weighted by atomic mass is 19.4. The number of rotatable bonds is 12. The largest absolute Gasteiger partial charge is 0.453 e. The Labute approximate surface area is 280 Å². The normalized spacial score (nSPS) is 17.3. The lowest BCUT2D eigenvalue weighted by Crippen LogP contribution is -2.49. The van der Waals surface area contributed by atoms with Gasteiger partial charge < -0.3 is 35.5 Å². The maximum atomic E-state index is 15.2. The van der Waals surface area contributed by atoms with Crippen LogP contribution in [0.5, 0.6) is 0 Å². The number of alkyl halides is 3. The standard InChI is InChI=1S/C32H32F7N5O6/c1-48-31(47)44-28(27(17-2-4-18(33)5-3-17)23-8-6-19(34)10-24(23)35)29(45)43-26-13-40-12-25(36)22(26)9-7-21-11-41-20(14-49-21)15-50-30(46)42-16-32(37,38)39/h2-6,8,10,12-13,20-21,27-28,41H,7,9,11,14-16H2,1H3,(H,42,46)(H,43,45)(H,44,47)/t20-,21+,27-,28-/m0/s1. The van der Waals surface area contributed by atoms with Crippen LogP contribution in [0, 0.1) is 23.3 Å². The summed E-state index contributed by atoms with van der Waals surface area (Å²) in [4.78, 5) is 41.6. The number of benzene rings is 2. The third kappa shape index (κ3) is 10.8. The van der Waals surface area contributed by atoms with Gasteiger partial charge in [-0.25, -0.2) is 27.2 Å². The summed E-state index contributed by atoms with van der Waals surface area (Å²) in [6.07, 6.45) is -5.13. The summed E-state index contributed by atoms with van der Waals surface area (Å²) in [7, 11) is 1.02. The molecule has 0 aliphatic carbocycles. The maximum absolute atomic E-state index is 15.2. The van der Waals surface area contributed by atoms with E-state index in [1.807, 2.05) is 0 Å². The van der Waals surface area contributed by atoms with Gasteiger partial charge in [-0.3, -0.25) is 9.78 Å². The molecule has 270 valence electrons. The van der Waals surface area contributed by atoms with Crippen LogP contribution in [0.4, 0.5) is 46.0 Å². The number of aromatic nitrogens is 1. The molecule has 4 N–H and O–H groups in total. The van der Waals surface area contributed by atoms with E-state index in [2.05, 4.69) is 25.7 Å². The molecule has 1 aromatic heterocycles. The maximum Gasteiger partial charge on any atom is 0.407 e. The Kier molecular flexibility index (Phi) is 12.9. The number of alkyl carbamates (subject to hydrolysis) is 2. The zero-order chi connectivity index (χ0) is 36.4. The van der Waals surface area contributed by atoms with Crippen molar-refractivity contribution in [3.63, 3.8) is 0 Å². The van der Waals surface area contributed by atoms with E-state index in [1.54, 1.807) is 5.32 Å². The number of amides is 3. The van der Waals surface area contributed by atoms with Crippen molar-refractivity contribution in [2.24, 2.45) is 0 Å². The summed E-state index contributed by atoms with van der Waals surface area (Å²) in [5.74, 6) is -5.72. The van der Waals surface area contributed by atoms with Gasteiger partial charge in [0, 0.05) is 24.1 Å². The fourth-order valence-electron chi connectivity index (χ4n) is 5.16. The number of hydrogen-bond acceptors (Lipinski definition) is 8. The molecule has 0 saturated carbocycles. The number of nitrogens with one attached hydrogen (secondary N) is 4. The molecular weight excluding hydrogens is 683 g/mol. The van der Waals surface area contributed by atoms with Gasteiger partial charge in [-0.15, -0.1) is 0 Å². The van der Waals surface area contributed by atoms with Gasteiger partial charge in [0.1, 0.15) is 42.5 Å². The van der Waals surface area contributed by atoms with Gasteiger partial charge in [0.2, 0.25) is 5.91 Å². The molecule has 0 radical (unpaired) electrons. The third-order valence-electron chi connectivity index (χ3n) is 7.60. The number of pyridine rings is 1. The minimum atomic E-state index is -4.59. The number of carbonyl (C=O) groups is 3. The van der Waals surface area contributed by atoms with Crippen LogP contribution in [0.15, 0.2) is 54.9 Å². The highest BCUT2D eigenvalue weighted by Gasteiger charge is 2.35. The average Bonchev–Trinajstić information content (AvgIpc) is 3.07. The first kappa shape index (κ1) is 37.8. The van der Waals surface area contributed by atoms with Crippen molar-refractivity contribution in [2.45, 2.75) is 43.1 Å². The quantitative estimate of drug-likeness (QED) is 0.198. The second-order valence-corrected chi connectivity index (χ2v) is 11.1. The number of hydrogen-bond donors (Lipinski definition) is 4. The molecule has 18 heteroatoms. The number of ether oxygens (including phenoxy) is 3. The number of morpholine rings is 1. The summed E-state index contributed by atoms with van der Waals surface area (Å²) in [5.41, 5.74) is -0.144. The molecule has 1 aliphatic rings. The van der Waals surface area contributed by atoms with Crippen LogP contribution >= 0.6 is 0 Å². The van der Waals surface area contributed by atoms with E-state index in [-0.39, 0.29) is 55.0 Å². The van der Waals surface area contributed by atoms with Crippen LogP contribution in [-0.2, 0) is 25.4 Å². The number of anilines is 1. The topological polar surface area (TPSA) is 140 Å². The fourth-order valence-corrected chi connectivity index (χ4v) is 5.16. The first-order chi connectivity index (χ1) is 23.7. The predicted octanol–water partition coefficient (Wildman–Crippen LogP) is 4.71. The van der Waals surface area contributed by atoms with E-state index in [0.717, 1.165) is 43.8 Å². The van der Waals surface area contributed by atoms with Crippen molar-refractivity contribution in [3.05, 3.63) is 94.8 Å². The molecule has 1 aliphatic heterocycles. The van der Waals surface area contributed by atoms with Crippen molar-refractivity contribution in [1.82, 2.24) is 20.9 Å². The van der Waals surface area contributed by atoms with E-state index >= 15 is 8.78 Å². The van der Waals surface area contributed by atoms with E-state index in [1.165, 1.54) is 12.1 Å². The van der Waals surface area contributed by atoms with Gasteiger partial charge >= 0.3 is 18.4 Å². The van der Waals surface area contributed by atoms with Gasteiger partial charge in [0.25, 0.3) is 0 Å². The number of nitrogens with zero attached hydrogens (tertiary/aromatic N) is 1. The lowest BCUT2D eigenvalue weighted by Gasteiger charge is -2.30. The van der Waals surface area contributed by atoms with Crippen LogP contribution < -0.4 is 21.3 Å². The van der Waals surface area contributed by atoms with E-state index in [4.69, 9.17) is 9.47 Å². The molecule has 4 atom stereocenters. The molecule has 3 amide bonds. The summed E-state index contributed by atoms with van der Waals surface area (Å²) >= 11 is 0. The summed E-state index contributed by atoms with van der Waals surface area (Å²) in [6, 6.07) is 5.05. The lowest BCUT2D eigenvalue weighted by molar-refractivity contribution is -0.124. The van der Waals surface area contributed by atoms with Gasteiger partial charge in [0.05, 0.1) is 43.9 Å². The Morgan fingerprint density at radius 1 is 1.00 bits per heavy atom. The van der Waals surface area contributed by atoms with Gasteiger partial charge in [-0.1, -0.05) is 18.2 Å². The van der Waals surface area contributed by atoms with E-state index in [0.29, 0.717) is 6.07 Å². The highest BCUT2D eigenvalue weighted by Crippen LogP contribution is 2.32. The van der Waals surface area contributed by atoms with Crippen LogP contribution in [0.1, 0.15) is 29.0 Å². The predicted molar refractivity (Wildman–Crippen MR) is 162 cm³/mol. The van der Waals surface area contributed by atoms with E-state index in [9.17, 15) is 36.3 Å². The molecule has 0 spiro atoms. The molecule has 11 nitrogen and oxygen atoms in total. The Balaban J connectivity index is 1.47.